The molecule has 1 N–H and O–H groups in total. The fourth-order valence-corrected chi connectivity index (χ4v) is 3.24. The summed E-state index contributed by atoms with van der Waals surface area (Å²) in [5, 5.41) is 3.59. The molecular formula is C17H16BrClN2O2. The standard InChI is InChI=1S/C17H16BrClN2O2/c18-13-4-1-3-12(11-13)17(22)20-15-6-2-5-14(19)16(15)21-7-9-23-10-8-21/h1-6,11H,7-10H2,(H,20,22). The molecule has 0 radical (unpaired) electrons. The average molecular weight is 396 g/mol. The molecule has 0 bridgehead atoms. The van der Waals surface area contributed by atoms with E-state index >= 15 is 0 Å². The first kappa shape index (κ1) is 16.3. The monoisotopic (exact) mass is 394 g/mol. The van der Waals surface area contributed by atoms with E-state index in [0.717, 1.165) is 23.2 Å². The van der Waals surface area contributed by atoms with E-state index in [2.05, 4.69) is 26.1 Å². The molecule has 120 valence electrons. The van der Waals surface area contributed by atoms with E-state index in [4.69, 9.17) is 16.3 Å². The highest BCUT2D eigenvalue weighted by Crippen LogP contribution is 2.34. The highest BCUT2D eigenvalue weighted by Gasteiger charge is 2.19. The number of para-hydroxylation sites is 1. The SMILES string of the molecule is O=C(Nc1cccc(Cl)c1N1CCOCC1)c1cccc(Br)c1. The van der Waals surface area contributed by atoms with Crippen LogP contribution in [0.5, 0.6) is 0 Å². The van der Waals surface area contributed by atoms with Crippen LogP contribution in [0.3, 0.4) is 0 Å². The molecule has 2 aromatic carbocycles. The average Bonchev–Trinajstić information content (AvgIpc) is 2.56. The fraction of sp³-hybridized carbons (Fsp3) is 0.235. The van der Waals surface area contributed by atoms with Gasteiger partial charge in [0.1, 0.15) is 0 Å². The number of nitrogens with zero attached hydrogens (tertiary/aromatic N) is 1. The summed E-state index contributed by atoms with van der Waals surface area (Å²) in [4.78, 5) is 14.6. The van der Waals surface area contributed by atoms with Crippen molar-refractivity contribution in [2.45, 2.75) is 0 Å². The fourth-order valence-electron chi connectivity index (χ4n) is 2.55. The van der Waals surface area contributed by atoms with Gasteiger partial charge in [0.2, 0.25) is 0 Å². The highest BCUT2D eigenvalue weighted by atomic mass is 79.9. The quantitative estimate of drug-likeness (QED) is 0.847. The summed E-state index contributed by atoms with van der Waals surface area (Å²) < 4.78 is 6.25. The third-order valence-corrected chi connectivity index (χ3v) is 4.45. The van der Waals surface area contributed by atoms with E-state index in [-0.39, 0.29) is 5.91 Å². The number of morpholine rings is 1. The number of benzene rings is 2. The van der Waals surface area contributed by atoms with Crippen LogP contribution in [0, 0.1) is 0 Å². The summed E-state index contributed by atoms with van der Waals surface area (Å²) in [6.45, 7) is 2.82. The minimum atomic E-state index is -0.164. The number of carbonyl (C=O) groups excluding carboxylic acids is 1. The predicted octanol–water partition coefficient (Wildman–Crippen LogP) is 4.19. The topological polar surface area (TPSA) is 41.6 Å². The molecule has 0 aromatic heterocycles. The lowest BCUT2D eigenvalue weighted by Gasteiger charge is -2.31. The van der Waals surface area contributed by atoms with Gasteiger partial charge in [-0.2, -0.15) is 0 Å². The van der Waals surface area contributed by atoms with Crippen molar-refractivity contribution in [3.8, 4) is 0 Å². The molecule has 0 saturated carbocycles. The number of hydrogen-bond donors (Lipinski definition) is 1. The normalized spacial score (nSPS) is 14.6. The summed E-state index contributed by atoms with van der Waals surface area (Å²) in [6, 6.07) is 12.8. The molecule has 4 nitrogen and oxygen atoms in total. The molecule has 0 unspecified atom stereocenters. The number of anilines is 2. The Balaban J connectivity index is 1.87. The Morgan fingerprint density at radius 3 is 2.65 bits per heavy atom. The van der Waals surface area contributed by atoms with Crippen LogP contribution in [0.25, 0.3) is 0 Å². The van der Waals surface area contributed by atoms with Gasteiger partial charge in [0.25, 0.3) is 5.91 Å². The van der Waals surface area contributed by atoms with Gasteiger partial charge in [-0.1, -0.05) is 39.7 Å². The van der Waals surface area contributed by atoms with E-state index in [9.17, 15) is 4.79 Å². The van der Waals surface area contributed by atoms with Crippen molar-refractivity contribution in [3.05, 3.63) is 57.5 Å². The van der Waals surface area contributed by atoms with Gasteiger partial charge < -0.3 is 15.0 Å². The van der Waals surface area contributed by atoms with Crippen LogP contribution in [0.15, 0.2) is 46.9 Å². The van der Waals surface area contributed by atoms with Crippen LogP contribution < -0.4 is 10.2 Å². The second kappa shape index (κ2) is 7.34. The van der Waals surface area contributed by atoms with Crippen LogP contribution in [-0.2, 0) is 4.74 Å². The van der Waals surface area contributed by atoms with Crippen LogP contribution in [-0.4, -0.2) is 32.2 Å². The van der Waals surface area contributed by atoms with Crippen LogP contribution in [0.4, 0.5) is 11.4 Å². The molecule has 1 aliphatic rings. The first-order valence-corrected chi connectivity index (χ1v) is 8.50. The Bertz CT molecular complexity index is 717. The van der Waals surface area contributed by atoms with E-state index in [1.54, 1.807) is 12.1 Å². The molecule has 1 saturated heterocycles. The molecule has 1 amide bonds. The molecule has 1 fully saturated rings. The third-order valence-electron chi connectivity index (χ3n) is 3.65. The van der Waals surface area contributed by atoms with Crippen molar-refractivity contribution >= 4 is 44.8 Å². The third kappa shape index (κ3) is 3.86. The summed E-state index contributed by atoms with van der Waals surface area (Å²) in [5.74, 6) is -0.164. The maximum Gasteiger partial charge on any atom is 0.255 e. The van der Waals surface area contributed by atoms with E-state index in [0.29, 0.717) is 29.5 Å². The molecule has 6 heteroatoms. The van der Waals surface area contributed by atoms with E-state index in [1.807, 2.05) is 30.3 Å². The lowest BCUT2D eigenvalue weighted by molar-refractivity contribution is 0.102. The van der Waals surface area contributed by atoms with Crippen molar-refractivity contribution in [1.29, 1.82) is 0 Å². The maximum absolute atomic E-state index is 12.5. The molecule has 0 spiro atoms. The molecule has 3 rings (SSSR count). The number of hydrogen-bond acceptors (Lipinski definition) is 3. The van der Waals surface area contributed by atoms with Crippen LogP contribution >= 0.6 is 27.5 Å². The minimum absolute atomic E-state index is 0.164. The Labute approximate surface area is 148 Å². The highest BCUT2D eigenvalue weighted by molar-refractivity contribution is 9.10. The number of nitrogens with one attached hydrogen (secondary N) is 1. The molecular weight excluding hydrogens is 380 g/mol. The van der Waals surface area contributed by atoms with Gasteiger partial charge in [-0.25, -0.2) is 0 Å². The predicted molar refractivity (Wildman–Crippen MR) is 96.6 cm³/mol. The van der Waals surface area contributed by atoms with Crippen molar-refractivity contribution in [1.82, 2.24) is 0 Å². The van der Waals surface area contributed by atoms with Crippen molar-refractivity contribution in [2.24, 2.45) is 0 Å². The van der Waals surface area contributed by atoms with Gasteiger partial charge in [0, 0.05) is 23.1 Å². The summed E-state index contributed by atoms with van der Waals surface area (Å²) >= 11 is 9.76. The van der Waals surface area contributed by atoms with Crippen molar-refractivity contribution < 1.29 is 9.53 Å². The number of ether oxygens (including phenoxy) is 1. The maximum atomic E-state index is 12.5. The van der Waals surface area contributed by atoms with Crippen molar-refractivity contribution in [2.75, 3.05) is 36.5 Å². The van der Waals surface area contributed by atoms with E-state index < -0.39 is 0 Å². The number of amides is 1. The second-order valence-electron chi connectivity index (χ2n) is 5.20. The second-order valence-corrected chi connectivity index (χ2v) is 6.52. The molecule has 1 heterocycles. The zero-order valence-corrected chi connectivity index (χ0v) is 14.7. The zero-order chi connectivity index (χ0) is 16.2. The summed E-state index contributed by atoms with van der Waals surface area (Å²) in [6.07, 6.45) is 0. The first-order chi connectivity index (χ1) is 11.1. The summed E-state index contributed by atoms with van der Waals surface area (Å²) in [5.41, 5.74) is 2.15. The molecule has 2 aromatic rings. The Hall–Kier alpha value is -1.56. The zero-order valence-electron chi connectivity index (χ0n) is 12.4. The van der Waals surface area contributed by atoms with E-state index in [1.165, 1.54) is 0 Å². The van der Waals surface area contributed by atoms with Crippen molar-refractivity contribution in [3.63, 3.8) is 0 Å². The lowest BCUT2D eigenvalue weighted by Crippen LogP contribution is -2.37. The molecule has 1 aliphatic heterocycles. The largest absolute Gasteiger partial charge is 0.378 e. The smallest absolute Gasteiger partial charge is 0.255 e. The Morgan fingerprint density at radius 2 is 1.91 bits per heavy atom. The summed E-state index contributed by atoms with van der Waals surface area (Å²) in [7, 11) is 0. The molecule has 23 heavy (non-hydrogen) atoms. The molecule has 0 atom stereocenters. The van der Waals surface area contributed by atoms with Crippen LogP contribution in [0.1, 0.15) is 10.4 Å². The van der Waals surface area contributed by atoms with Gasteiger partial charge in [-0.15, -0.1) is 0 Å². The Morgan fingerprint density at radius 1 is 1.17 bits per heavy atom. The number of carbonyl (C=O) groups is 1. The van der Waals surface area contributed by atoms with Gasteiger partial charge in [0.15, 0.2) is 0 Å². The van der Waals surface area contributed by atoms with Crippen LogP contribution in [0.2, 0.25) is 5.02 Å². The minimum Gasteiger partial charge on any atom is -0.378 e. The van der Waals surface area contributed by atoms with Gasteiger partial charge >= 0.3 is 0 Å². The van der Waals surface area contributed by atoms with Gasteiger partial charge in [-0.05, 0) is 30.3 Å². The van der Waals surface area contributed by atoms with Gasteiger partial charge in [-0.3, -0.25) is 4.79 Å². The Kier molecular flexibility index (Phi) is 5.20. The number of rotatable bonds is 3. The lowest BCUT2D eigenvalue weighted by atomic mass is 10.2. The van der Waals surface area contributed by atoms with Gasteiger partial charge in [0.05, 0.1) is 29.6 Å². The molecule has 0 aliphatic carbocycles. The first-order valence-electron chi connectivity index (χ1n) is 7.33. The number of halogens is 2.